The zero-order valence-electron chi connectivity index (χ0n) is 11.2. The van der Waals surface area contributed by atoms with Gasteiger partial charge in [0.2, 0.25) is 0 Å². The van der Waals surface area contributed by atoms with E-state index in [1.807, 2.05) is 0 Å². The minimum Gasteiger partial charge on any atom is -0.381 e. The standard InChI is InChI=1S/C13H28N2O/c1-4-15(9-12(2)3)11-13(10-14)5-7-16-8-6-13/h12H,4-11,14H2,1-3H3. The van der Waals surface area contributed by atoms with Crippen molar-refractivity contribution in [2.75, 3.05) is 39.4 Å². The SMILES string of the molecule is CCN(CC(C)C)CC1(CN)CCOCC1. The van der Waals surface area contributed by atoms with E-state index in [-0.39, 0.29) is 0 Å². The zero-order chi connectivity index (χ0) is 12.0. The molecule has 0 aliphatic carbocycles. The average Bonchev–Trinajstić information content (AvgIpc) is 2.29. The third-order valence-corrected chi connectivity index (χ3v) is 3.62. The van der Waals surface area contributed by atoms with Crippen molar-refractivity contribution >= 4 is 0 Å². The molecular formula is C13H28N2O. The second-order valence-electron chi connectivity index (χ2n) is 5.54. The van der Waals surface area contributed by atoms with Crippen LogP contribution in [0.2, 0.25) is 0 Å². The Hall–Kier alpha value is -0.120. The molecule has 0 unspecified atom stereocenters. The summed E-state index contributed by atoms with van der Waals surface area (Å²) in [4.78, 5) is 2.54. The lowest BCUT2D eigenvalue weighted by Gasteiger charge is -2.40. The van der Waals surface area contributed by atoms with Crippen LogP contribution in [0.15, 0.2) is 0 Å². The molecule has 1 fully saturated rings. The molecule has 1 aliphatic heterocycles. The van der Waals surface area contributed by atoms with Crippen molar-refractivity contribution in [2.24, 2.45) is 17.1 Å². The lowest BCUT2D eigenvalue weighted by molar-refractivity contribution is -0.000935. The highest BCUT2D eigenvalue weighted by molar-refractivity contribution is 4.86. The van der Waals surface area contributed by atoms with E-state index in [0.717, 1.165) is 51.6 Å². The van der Waals surface area contributed by atoms with E-state index in [1.54, 1.807) is 0 Å². The summed E-state index contributed by atoms with van der Waals surface area (Å²) in [5.41, 5.74) is 6.30. The molecule has 0 saturated carbocycles. The van der Waals surface area contributed by atoms with Gasteiger partial charge >= 0.3 is 0 Å². The minimum absolute atomic E-state index is 0.309. The van der Waals surface area contributed by atoms with Crippen LogP contribution in [0.4, 0.5) is 0 Å². The fourth-order valence-electron chi connectivity index (χ4n) is 2.53. The Kier molecular flexibility index (Phi) is 5.73. The first-order valence-corrected chi connectivity index (χ1v) is 6.62. The third-order valence-electron chi connectivity index (χ3n) is 3.62. The molecule has 16 heavy (non-hydrogen) atoms. The fourth-order valence-corrected chi connectivity index (χ4v) is 2.53. The normalized spacial score (nSPS) is 20.6. The smallest absolute Gasteiger partial charge is 0.0472 e. The van der Waals surface area contributed by atoms with Crippen LogP contribution in [-0.4, -0.2) is 44.3 Å². The van der Waals surface area contributed by atoms with Gasteiger partial charge in [0.1, 0.15) is 0 Å². The molecule has 1 rings (SSSR count). The third kappa shape index (κ3) is 4.04. The quantitative estimate of drug-likeness (QED) is 0.752. The molecule has 0 atom stereocenters. The summed E-state index contributed by atoms with van der Waals surface area (Å²) in [5.74, 6) is 0.731. The molecular weight excluding hydrogens is 200 g/mol. The molecule has 96 valence electrons. The first-order chi connectivity index (χ1) is 7.62. The first-order valence-electron chi connectivity index (χ1n) is 6.62. The van der Waals surface area contributed by atoms with Crippen molar-refractivity contribution in [3.8, 4) is 0 Å². The van der Waals surface area contributed by atoms with Gasteiger partial charge in [-0.3, -0.25) is 0 Å². The van der Waals surface area contributed by atoms with Crippen molar-refractivity contribution in [3.63, 3.8) is 0 Å². The molecule has 3 nitrogen and oxygen atoms in total. The van der Waals surface area contributed by atoms with Crippen molar-refractivity contribution in [3.05, 3.63) is 0 Å². The van der Waals surface area contributed by atoms with E-state index in [9.17, 15) is 0 Å². The lowest BCUT2D eigenvalue weighted by Crippen LogP contribution is -2.46. The van der Waals surface area contributed by atoms with Crippen LogP contribution < -0.4 is 5.73 Å². The molecule has 0 aromatic rings. The Labute approximate surface area is 100 Å². The van der Waals surface area contributed by atoms with E-state index in [0.29, 0.717) is 5.41 Å². The summed E-state index contributed by atoms with van der Waals surface area (Å²) in [7, 11) is 0. The summed E-state index contributed by atoms with van der Waals surface area (Å²) in [6.45, 7) is 12.8. The van der Waals surface area contributed by atoms with Crippen LogP contribution in [0, 0.1) is 11.3 Å². The largest absolute Gasteiger partial charge is 0.381 e. The van der Waals surface area contributed by atoms with Gasteiger partial charge < -0.3 is 15.4 Å². The van der Waals surface area contributed by atoms with Gasteiger partial charge in [0, 0.05) is 26.3 Å². The Morgan fingerprint density at radius 2 is 1.94 bits per heavy atom. The molecule has 0 bridgehead atoms. The van der Waals surface area contributed by atoms with Crippen molar-refractivity contribution in [1.82, 2.24) is 4.90 Å². The van der Waals surface area contributed by atoms with Gasteiger partial charge in [-0.05, 0) is 37.3 Å². The number of nitrogens with zero attached hydrogens (tertiary/aromatic N) is 1. The molecule has 1 heterocycles. The van der Waals surface area contributed by atoms with Crippen molar-refractivity contribution in [2.45, 2.75) is 33.6 Å². The summed E-state index contributed by atoms with van der Waals surface area (Å²) in [6.07, 6.45) is 2.25. The maximum Gasteiger partial charge on any atom is 0.0472 e. The number of ether oxygens (including phenoxy) is 1. The van der Waals surface area contributed by atoms with Gasteiger partial charge in [-0.15, -0.1) is 0 Å². The van der Waals surface area contributed by atoms with Crippen LogP contribution in [0.25, 0.3) is 0 Å². The highest BCUT2D eigenvalue weighted by Crippen LogP contribution is 2.30. The van der Waals surface area contributed by atoms with Gasteiger partial charge in [0.05, 0.1) is 0 Å². The Bertz CT molecular complexity index is 188. The molecule has 1 saturated heterocycles. The monoisotopic (exact) mass is 228 g/mol. The highest BCUT2D eigenvalue weighted by Gasteiger charge is 2.32. The predicted molar refractivity (Wildman–Crippen MR) is 68.5 cm³/mol. The Balaban J connectivity index is 2.51. The molecule has 0 spiro atoms. The Morgan fingerprint density at radius 3 is 2.38 bits per heavy atom. The Morgan fingerprint density at radius 1 is 1.31 bits per heavy atom. The van der Waals surface area contributed by atoms with E-state index in [1.165, 1.54) is 6.54 Å². The first kappa shape index (κ1) is 13.9. The molecule has 0 amide bonds. The summed E-state index contributed by atoms with van der Waals surface area (Å²) in [6, 6.07) is 0. The van der Waals surface area contributed by atoms with Crippen molar-refractivity contribution < 1.29 is 4.74 Å². The zero-order valence-corrected chi connectivity index (χ0v) is 11.2. The van der Waals surface area contributed by atoms with Crippen LogP contribution in [-0.2, 0) is 4.74 Å². The topological polar surface area (TPSA) is 38.5 Å². The van der Waals surface area contributed by atoms with Crippen LogP contribution in [0.3, 0.4) is 0 Å². The van der Waals surface area contributed by atoms with Gasteiger partial charge in [-0.1, -0.05) is 20.8 Å². The second kappa shape index (κ2) is 6.58. The van der Waals surface area contributed by atoms with E-state index in [2.05, 4.69) is 25.7 Å². The van der Waals surface area contributed by atoms with E-state index < -0.39 is 0 Å². The minimum atomic E-state index is 0.309. The van der Waals surface area contributed by atoms with Crippen LogP contribution >= 0.6 is 0 Å². The molecule has 1 aliphatic rings. The predicted octanol–water partition coefficient (Wildman–Crippen LogP) is 1.72. The second-order valence-corrected chi connectivity index (χ2v) is 5.54. The van der Waals surface area contributed by atoms with Crippen molar-refractivity contribution in [1.29, 1.82) is 0 Å². The number of hydrogen-bond acceptors (Lipinski definition) is 3. The number of nitrogens with two attached hydrogens (primary N) is 1. The lowest BCUT2D eigenvalue weighted by atomic mass is 9.79. The van der Waals surface area contributed by atoms with Gasteiger partial charge in [-0.25, -0.2) is 0 Å². The molecule has 3 heteroatoms. The highest BCUT2D eigenvalue weighted by atomic mass is 16.5. The maximum atomic E-state index is 5.99. The van der Waals surface area contributed by atoms with E-state index >= 15 is 0 Å². The molecule has 0 aromatic heterocycles. The van der Waals surface area contributed by atoms with Crippen LogP contribution in [0.5, 0.6) is 0 Å². The molecule has 0 aromatic carbocycles. The molecule has 2 N–H and O–H groups in total. The number of hydrogen-bond donors (Lipinski definition) is 1. The van der Waals surface area contributed by atoms with E-state index in [4.69, 9.17) is 10.5 Å². The molecule has 0 radical (unpaired) electrons. The maximum absolute atomic E-state index is 5.99. The summed E-state index contributed by atoms with van der Waals surface area (Å²) < 4.78 is 5.45. The van der Waals surface area contributed by atoms with Crippen LogP contribution in [0.1, 0.15) is 33.6 Å². The number of rotatable bonds is 6. The van der Waals surface area contributed by atoms with Gasteiger partial charge in [0.25, 0.3) is 0 Å². The fraction of sp³-hybridized carbons (Fsp3) is 1.00. The van der Waals surface area contributed by atoms with Gasteiger partial charge in [0.15, 0.2) is 0 Å². The summed E-state index contributed by atoms with van der Waals surface area (Å²) in [5, 5.41) is 0. The average molecular weight is 228 g/mol. The summed E-state index contributed by atoms with van der Waals surface area (Å²) >= 11 is 0. The van der Waals surface area contributed by atoms with Gasteiger partial charge in [-0.2, -0.15) is 0 Å².